The molecule has 8 heteroatoms. The minimum atomic E-state index is -1.18. The van der Waals surface area contributed by atoms with Crippen LogP contribution in [0, 0.1) is 11.8 Å². The number of imide groups is 1. The third-order valence-electron chi connectivity index (χ3n) is 7.15. The van der Waals surface area contributed by atoms with Gasteiger partial charge in [0.15, 0.2) is 5.60 Å². The van der Waals surface area contributed by atoms with Crippen molar-refractivity contribution in [3.8, 4) is 0 Å². The second-order valence-corrected chi connectivity index (χ2v) is 11.0. The molecular weight excluding hydrogens is 572 g/mol. The van der Waals surface area contributed by atoms with Crippen LogP contribution in [0.5, 0.6) is 0 Å². The molecule has 3 aromatic carbocycles. The molecule has 40 heavy (non-hydrogen) atoms. The molecule has 1 aliphatic heterocycles. The average Bonchev–Trinajstić information content (AvgIpc) is 3.31. The van der Waals surface area contributed by atoms with Crippen LogP contribution in [-0.2, 0) is 26.5 Å². The lowest BCUT2D eigenvalue weighted by molar-refractivity contribution is -0.134. The molecule has 0 bridgehead atoms. The third kappa shape index (κ3) is 6.39. The molecule has 0 saturated carbocycles. The molecule has 1 fully saturated rings. The standard InChI is InChI=1S/C32H35BrN2O5/c1-23(2)28-32(26-16-8-4-9-17-26,27-18-10-5-11-19-27)40-31(38)35(28)29(36)25(15-12-20-33)21-34-30(37)39-22-24-13-6-3-7-14-24/h3-11,13-14,16-19,23,25,28H,12,15,20-22H2,1-2H3,(H,34,37)/t25-,28+/m0/s1. The van der Waals surface area contributed by atoms with Crippen LogP contribution in [0.4, 0.5) is 9.59 Å². The van der Waals surface area contributed by atoms with E-state index in [4.69, 9.17) is 9.47 Å². The topological polar surface area (TPSA) is 84.9 Å². The van der Waals surface area contributed by atoms with Crippen LogP contribution in [0.2, 0.25) is 0 Å². The largest absolute Gasteiger partial charge is 0.445 e. The van der Waals surface area contributed by atoms with Crippen molar-refractivity contribution in [2.45, 2.75) is 44.9 Å². The molecule has 7 nitrogen and oxygen atoms in total. The SMILES string of the molecule is CC(C)[C@H]1N(C(=O)[C@@H](CCCBr)CNC(=O)OCc2ccccc2)C(=O)OC1(c1ccccc1)c1ccccc1. The van der Waals surface area contributed by atoms with Gasteiger partial charge in [-0.1, -0.05) is 121 Å². The Bertz CT molecular complexity index is 1230. The summed E-state index contributed by atoms with van der Waals surface area (Å²) in [7, 11) is 0. The number of alkyl halides is 1. The zero-order valence-electron chi connectivity index (χ0n) is 22.8. The van der Waals surface area contributed by atoms with Crippen LogP contribution in [0.25, 0.3) is 0 Å². The van der Waals surface area contributed by atoms with Crippen molar-refractivity contribution in [1.82, 2.24) is 10.2 Å². The number of hydrogen-bond donors (Lipinski definition) is 1. The number of carbonyl (C=O) groups is 3. The summed E-state index contributed by atoms with van der Waals surface area (Å²) in [6.45, 7) is 4.13. The first kappa shape index (κ1) is 29.3. The number of halogens is 1. The number of benzene rings is 3. The molecule has 0 radical (unpaired) electrons. The highest BCUT2D eigenvalue weighted by molar-refractivity contribution is 9.09. The normalized spacial score (nSPS) is 16.9. The number of nitrogens with one attached hydrogen (secondary N) is 1. The van der Waals surface area contributed by atoms with E-state index in [1.54, 1.807) is 0 Å². The van der Waals surface area contributed by atoms with Crippen molar-refractivity contribution < 1.29 is 23.9 Å². The fourth-order valence-electron chi connectivity index (χ4n) is 5.35. The maximum absolute atomic E-state index is 14.1. The van der Waals surface area contributed by atoms with Crippen molar-refractivity contribution in [2.24, 2.45) is 11.8 Å². The Balaban J connectivity index is 1.60. The molecule has 3 aromatic rings. The molecule has 0 unspecified atom stereocenters. The highest BCUT2D eigenvalue weighted by Crippen LogP contribution is 2.47. The van der Waals surface area contributed by atoms with Gasteiger partial charge in [-0.2, -0.15) is 0 Å². The van der Waals surface area contributed by atoms with Crippen LogP contribution in [0.1, 0.15) is 43.4 Å². The quantitative estimate of drug-likeness (QED) is 0.247. The second-order valence-electron chi connectivity index (χ2n) is 10.2. The molecule has 0 aliphatic carbocycles. The van der Waals surface area contributed by atoms with Crippen molar-refractivity contribution in [1.29, 1.82) is 0 Å². The molecule has 1 saturated heterocycles. The van der Waals surface area contributed by atoms with E-state index in [2.05, 4.69) is 21.2 Å². The lowest BCUT2D eigenvalue weighted by atomic mass is 9.75. The van der Waals surface area contributed by atoms with Gasteiger partial charge in [0.25, 0.3) is 0 Å². The van der Waals surface area contributed by atoms with E-state index in [9.17, 15) is 14.4 Å². The Morgan fingerprint density at radius 2 is 1.50 bits per heavy atom. The summed E-state index contributed by atoms with van der Waals surface area (Å²) in [6, 6.07) is 27.9. The fourth-order valence-corrected chi connectivity index (χ4v) is 5.67. The Morgan fingerprint density at radius 1 is 0.950 bits per heavy atom. The van der Waals surface area contributed by atoms with E-state index in [1.165, 1.54) is 4.90 Å². The number of alkyl carbamates (subject to hydrolysis) is 1. The molecule has 0 spiro atoms. The highest BCUT2D eigenvalue weighted by atomic mass is 79.9. The molecule has 210 valence electrons. The Kier molecular flexibility index (Phi) is 9.98. The molecule has 0 aromatic heterocycles. The smallest absolute Gasteiger partial charge is 0.418 e. The van der Waals surface area contributed by atoms with E-state index in [0.717, 1.165) is 16.7 Å². The predicted octanol–water partition coefficient (Wildman–Crippen LogP) is 6.65. The van der Waals surface area contributed by atoms with E-state index in [0.29, 0.717) is 18.2 Å². The maximum atomic E-state index is 14.1. The number of hydrogen-bond acceptors (Lipinski definition) is 5. The van der Waals surface area contributed by atoms with Gasteiger partial charge in [-0.3, -0.25) is 4.79 Å². The number of nitrogens with zero attached hydrogens (tertiary/aromatic N) is 1. The van der Waals surface area contributed by atoms with Crippen molar-refractivity contribution in [2.75, 3.05) is 11.9 Å². The third-order valence-corrected chi connectivity index (χ3v) is 7.72. The van der Waals surface area contributed by atoms with Crippen molar-refractivity contribution in [3.05, 3.63) is 108 Å². The summed E-state index contributed by atoms with van der Waals surface area (Å²) in [5, 5.41) is 3.42. The van der Waals surface area contributed by atoms with Crippen LogP contribution < -0.4 is 5.32 Å². The molecule has 4 rings (SSSR count). The second kappa shape index (κ2) is 13.6. The molecule has 3 amide bonds. The summed E-state index contributed by atoms with van der Waals surface area (Å²) in [5.41, 5.74) is 1.28. The summed E-state index contributed by atoms with van der Waals surface area (Å²) in [6.07, 6.45) is -0.143. The van der Waals surface area contributed by atoms with Crippen LogP contribution >= 0.6 is 15.9 Å². The molecule has 2 atom stereocenters. The average molecular weight is 608 g/mol. The van der Waals surface area contributed by atoms with Gasteiger partial charge in [0.2, 0.25) is 5.91 Å². The summed E-state index contributed by atoms with van der Waals surface area (Å²) >= 11 is 3.44. The van der Waals surface area contributed by atoms with E-state index < -0.39 is 29.7 Å². The van der Waals surface area contributed by atoms with Crippen LogP contribution in [-0.4, -0.2) is 40.9 Å². The number of ether oxygens (including phenoxy) is 2. The van der Waals surface area contributed by atoms with E-state index in [1.807, 2.05) is 105 Å². The van der Waals surface area contributed by atoms with Gasteiger partial charge in [-0.05, 0) is 24.3 Å². The van der Waals surface area contributed by atoms with E-state index >= 15 is 0 Å². The first-order valence-electron chi connectivity index (χ1n) is 13.6. The van der Waals surface area contributed by atoms with Crippen molar-refractivity contribution >= 4 is 34.0 Å². The first-order chi connectivity index (χ1) is 19.4. The Morgan fingerprint density at radius 3 is 2.02 bits per heavy atom. The van der Waals surface area contributed by atoms with Gasteiger partial charge >= 0.3 is 12.2 Å². The number of carbonyl (C=O) groups excluding carboxylic acids is 3. The molecule has 1 N–H and O–H groups in total. The minimum Gasteiger partial charge on any atom is -0.445 e. The van der Waals surface area contributed by atoms with E-state index in [-0.39, 0.29) is 25.0 Å². The fraction of sp³-hybridized carbons (Fsp3) is 0.344. The van der Waals surface area contributed by atoms with Gasteiger partial charge in [-0.25, -0.2) is 14.5 Å². The summed E-state index contributed by atoms with van der Waals surface area (Å²) < 4.78 is 11.6. The Hall–Kier alpha value is -3.65. The minimum absolute atomic E-state index is 0.0394. The lowest BCUT2D eigenvalue weighted by Crippen LogP contribution is -2.52. The summed E-state index contributed by atoms with van der Waals surface area (Å²) in [5.74, 6) is -1.14. The number of amides is 3. The predicted molar refractivity (Wildman–Crippen MR) is 157 cm³/mol. The molecule has 1 aliphatic rings. The molecule has 1 heterocycles. The highest BCUT2D eigenvalue weighted by Gasteiger charge is 2.59. The summed E-state index contributed by atoms with van der Waals surface area (Å²) in [4.78, 5) is 41.5. The lowest BCUT2D eigenvalue weighted by Gasteiger charge is -2.38. The Labute approximate surface area is 244 Å². The zero-order chi connectivity index (χ0) is 28.5. The molecular formula is C32H35BrN2O5. The van der Waals surface area contributed by atoms with Gasteiger partial charge < -0.3 is 14.8 Å². The maximum Gasteiger partial charge on any atom is 0.418 e. The van der Waals surface area contributed by atoms with Gasteiger partial charge in [0.05, 0.1) is 12.0 Å². The van der Waals surface area contributed by atoms with Crippen molar-refractivity contribution in [3.63, 3.8) is 0 Å². The monoisotopic (exact) mass is 606 g/mol. The van der Waals surface area contributed by atoms with Crippen LogP contribution in [0.15, 0.2) is 91.0 Å². The zero-order valence-corrected chi connectivity index (χ0v) is 24.4. The van der Waals surface area contributed by atoms with Gasteiger partial charge in [0.1, 0.15) is 6.61 Å². The van der Waals surface area contributed by atoms with Crippen LogP contribution in [0.3, 0.4) is 0 Å². The van der Waals surface area contributed by atoms with Gasteiger partial charge in [-0.15, -0.1) is 0 Å². The number of rotatable bonds is 11. The van der Waals surface area contributed by atoms with Gasteiger partial charge in [0, 0.05) is 23.0 Å². The number of cyclic esters (lactones) is 1. The first-order valence-corrected chi connectivity index (χ1v) is 14.7.